The van der Waals surface area contributed by atoms with Gasteiger partial charge in [0.25, 0.3) is 0 Å². The Morgan fingerprint density at radius 1 is 1.06 bits per heavy atom. The van der Waals surface area contributed by atoms with E-state index in [2.05, 4.69) is 48.3 Å². The van der Waals surface area contributed by atoms with Gasteiger partial charge in [0.05, 0.1) is 12.7 Å². The van der Waals surface area contributed by atoms with Gasteiger partial charge in [0, 0.05) is 22.4 Å². The monoisotopic (exact) mass is 477 g/mol. The van der Waals surface area contributed by atoms with Gasteiger partial charge in [-0.1, -0.05) is 55.7 Å². The average Bonchev–Trinajstić information content (AvgIpc) is 3.23. The molecule has 5 heteroatoms. The summed E-state index contributed by atoms with van der Waals surface area (Å²) in [4.78, 5) is 2.48. The van der Waals surface area contributed by atoms with E-state index >= 15 is 0 Å². The number of aromatic hydroxyl groups is 1. The Hall–Kier alpha value is -2.08. The second-order valence-electron chi connectivity index (χ2n) is 11.7. The van der Waals surface area contributed by atoms with Gasteiger partial charge < -0.3 is 25.0 Å². The number of benzene rings is 2. The molecule has 2 aliphatic heterocycles. The van der Waals surface area contributed by atoms with E-state index in [9.17, 15) is 15.3 Å². The number of nitrogens with zero attached hydrogens (tertiary/aromatic N) is 1. The first kappa shape index (κ1) is 23.3. The summed E-state index contributed by atoms with van der Waals surface area (Å²) in [6.45, 7) is 0.950. The topological polar surface area (TPSA) is 73.2 Å². The van der Waals surface area contributed by atoms with Crippen LogP contribution in [0.25, 0.3) is 0 Å². The van der Waals surface area contributed by atoms with Crippen LogP contribution in [0.5, 0.6) is 11.5 Å². The molecule has 6 rings (SSSR count). The Bertz CT molecular complexity index is 1070. The molecular weight excluding hydrogens is 438 g/mol. The van der Waals surface area contributed by atoms with Crippen LogP contribution in [-0.4, -0.2) is 58.7 Å². The second kappa shape index (κ2) is 8.79. The van der Waals surface area contributed by atoms with Crippen LogP contribution in [0.4, 0.5) is 0 Å². The Labute approximate surface area is 208 Å². The first-order chi connectivity index (χ1) is 17.0. The molecule has 0 amide bonds. The van der Waals surface area contributed by atoms with Crippen LogP contribution in [0.15, 0.2) is 42.5 Å². The second-order valence-corrected chi connectivity index (χ2v) is 11.7. The molecule has 5 nitrogen and oxygen atoms in total. The van der Waals surface area contributed by atoms with Crippen LogP contribution in [0.1, 0.15) is 61.6 Å². The molecule has 2 aliphatic carbocycles. The van der Waals surface area contributed by atoms with Gasteiger partial charge >= 0.3 is 0 Å². The van der Waals surface area contributed by atoms with Gasteiger partial charge in [0.1, 0.15) is 6.10 Å². The molecule has 4 unspecified atom stereocenters. The lowest BCUT2D eigenvalue weighted by molar-refractivity contribution is -0.179. The quantitative estimate of drug-likeness (QED) is 0.497. The molecule has 0 aromatic heterocycles. The van der Waals surface area contributed by atoms with Crippen LogP contribution < -0.4 is 4.74 Å². The number of phenols is 1. The van der Waals surface area contributed by atoms with Gasteiger partial charge in [0.2, 0.25) is 0 Å². The van der Waals surface area contributed by atoms with E-state index in [1.165, 1.54) is 17.5 Å². The molecule has 2 heterocycles. The third-order valence-corrected chi connectivity index (χ3v) is 10.0. The number of unbranched alkanes of at least 4 members (excludes halogenated alkanes) is 3. The number of ether oxygens (including phenoxy) is 1. The Kier molecular flexibility index (Phi) is 5.86. The molecule has 3 N–H and O–H groups in total. The van der Waals surface area contributed by atoms with Gasteiger partial charge in [0.15, 0.2) is 11.5 Å². The first-order valence-electron chi connectivity index (χ1n) is 13.6. The summed E-state index contributed by atoms with van der Waals surface area (Å²) in [6.07, 6.45) is 7.91. The lowest BCUT2D eigenvalue weighted by Gasteiger charge is -2.62. The predicted molar refractivity (Wildman–Crippen MR) is 136 cm³/mol. The van der Waals surface area contributed by atoms with Crippen molar-refractivity contribution < 1.29 is 20.1 Å². The number of aliphatic hydroxyl groups excluding tert-OH is 2. The number of likely N-dealkylation sites (N-methyl/N-ethyl adjacent to an activating group) is 1. The molecule has 1 spiro atoms. The summed E-state index contributed by atoms with van der Waals surface area (Å²) >= 11 is 0. The third-order valence-electron chi connectivity index (χ3n) is 10.0. The zero-order valence-corrected chi connectivity index (χ0v) is 20.8. The molecule has 2 fully saturated rings. The molecule has 0 radical (unpaired) electrons. The number of phenolic OH excluding ortho intramolecular Hbond substituents is 1. The van der Waals surface area contributed by atoms with Crippen molar-refractivity contribution in [2.75, 3.05) is 20.2 Å². The fourth-order valence-electron chi connectivity index (χ4n) is 8.17. The molecule has 35 heavy (non-hydrogen) atoms. The highest BCUT2D eigenvalue weighted by molar-refractivity contribution is 5.61. The summed E-state index contributed by atoms with van der Waals surface area (Å²) in [5.74, 6) is 1.09. The van der Waals surface area contributed by atoms with Gasteiger partial charge in [-0.05, 0) is 75.2 Å². The number of likely N-dealkylation sites (tertiary alicyclic amines) is 1. The highest BCUT2D eigenvalue weighted by atomic mass is 16.5. The number of piperidine rings is 1. The molecule has 1 saturated carbocycles. The summed E-state index contributed by atoms with van der Waals surface area (Å²) in [7, 11) is 2.22. The van der Waals surface area contributed by atoms with E-state index < -0.39 is 17.6 Å². The van der Waals surface area contributed by atoms with Crippen molar-refractivity contribution in [3.63, 3.8) is 0 Å². The normalized spacial score (nSPS) is 34.9. The van der Waals surface area contributed by atoms with Crippen LogP contribution in [0, 0.1) is 11.3 Å². The average molecular weight is 478 g/mol. The van der Waals surface area contributed by atoms with Crippen LogP contribution in [0.2, 0.25) is 0 Å². The molecule has 1 saturated heterocycles. The molecule has 4 aliphatic rings. The number of rotatable bonds is 8. The van der Waals surface area contributed by atoms with E-state index in [-0.39, 0.29) is 17.8 Å². The van der Waals surface area contributed by atoms with Crippen molar-refractivity contribution in [2.24, 2.45) is 11.3 Å². The van der Waals surface area contributed by atoms with Gasteiger partial charge in [-0.3, -0.25) is 0 Å². The van der Waals surface area contributed by atoms with Gasteiger partial charge in [-0.25, -0.2) is 0 Å². The van der Waals surface area contributed by atoms with Crippen LogP contribution in [-0.2, 0) is 18.3 Å². The van der Waals surface area contributed by atoms with E-state index in [0.717, 1.165) is 63.5 Å². The van der Waals surface area contributed by atoms with Crippen molar-refractivity contribution in [3.05, 3.63) is 59.2 Å². The maximum Gasteiger partial charge on any atom is 0.165 e. The number of hydrogen-bond donors (Lipinski definition) is 3. The van der Waals surface area contributed by atoms with Gasteiger partial charge in [-0.2, -0.15) is 0 Å². The zero-order valence-electron chi connectivity index (χ0n) is 20.8. The lowest BCUT2D eigenvalue weighted by Crippen LogP contribution is -2.70. The minimum Gasteiger partial charge on any atom is -0.504 e. The maximum atomic E-state index is 11.8. The standard InChI is InChI=1S/C30H39NO4/c1-31-16-15-30-22-18-29(19-32,14-8-3-2-5-9-20-10-6-4-7-11-20)27(34)28(30)35-26-24(33)13-12-21(25(26)30)17-23(22)31/h4,6-7,10-13,22-23,27-28,32-34H,2-3,5,8-9,14-19H2,1H3/t22?,23?,27-,28?,29+,30?/m0/s1. The SMILES string of the molecule is CN1CCC23c4c5ccc(O)c4OC2[C@H](O)[C@](CO)(CCCCCCc2ccccc2)CC3C1C5. The van der Waals surface area contributed by atoms with E-state index in [1.54, 1.807) is 6.07 Å². The van der Waals surface area contributed by atoms with Gasteiger partial charge in [-0.15, -0.1) is 0 Å². The third kappa shape index (κ3) is 3.46. The Balaban J connectivity index is 1.21. The molecule has 188 valence electrons. The largest absolute Gasteiger partial charge is 0.504 e. The first-order valence-corrected chi connectivity index (χ1v) is 13.6. The molecular formula is C30H39NO4. The Morgan fingerprint density at radius 3 is 2.66 bits per heavy atom. The molecule has 6 atom stereocenters. The summed E-state index contributed by atoms with van der Waals surface area (Å²) in [5, 5.41) is 33.2. The highest BCUT2D eigenvalue weighted by Gasteiger charge is 2.69. The minimum atomic E-state index is -0.741. The van der Waals surface area contributed by atoms with Crippen molar-refractivity contribution in [3.8, 4) is 11.5 Å². The number of aryl methyl sites for hydroxylation is 1. The predicted octanol–water partition coefficient (Wildman–Crippen LogP) is 4.20. The van der Waals surface area contributed by atoms with E-state index in [0.29, 0.717) is 17.7 Å². The van der Waals surface area contributed by atoms with E-state index in [4.69, 9.17) is 4.74 Å². The highest BCUT2D eigenvalue weighted by Crippen LogP contribution is 2.66. The molecule has 2 bridgehead atoms. The van der Waals surface area contributed by atoms with Crippen LogP contribution >= 0.6 is 0 Å². The lowest BCUT2D eigenvalue weighted by atomic mass is 9.46. The fourth-order valence-corrected chi connectivity index (χ4v) is 8.17. The Morgan fingerprint density at radius 2 is 1.86 bits per heavy atom. The maximum absolute atomic E-state index is 11.8. The summed E-state index contributed by atoms with van der Waals surface area (Å²) in [6, 6.07) is 14.8. The molecule has 2 aromatic rings. The fraction of sp³-hybridized carbons (Fsp3) is 0.600. The van der Waals surface area contributed by atoms with Crippen molar-refractivity contribution in [1.82, 2.24) is 4.90 Å². The van der Waals surface area contributed by atoms with Crippen molar-refractivity contribution in [1.29, 1.82) is 0 Å². The minimum absolute atomic E-state index is 0.0176. The van der Waals surface area contributed by atoms with E-state index in [1.807, 2.05) is 0 Å². The van der Waals surface area contributed by atoms with Crippen LogP contribution in [0.3, 0.4) is 0 Å². The van der Waals surface area contributed by atoms with Crippen molar-refractivity contribution in [2.45, 2.75) is 81.5 Å². The number of aliphatic hydroxyl groups is 2. The smallest absolute Gasteiger partial charge is 0.165 e. The summed E-state index contributed by atoms with van der Waals surface area (Å²) in [5.41, 5.74) is 3.00. The summed E-state index contributed by atoms with van der Waals surface area (Å²) < 4.78 is 6.48. The van der Waals surface area contributed by atoms with Crippen molar-refractivity contribution >= 4 is 0 Å². The zero-order chi connectivity index (χ0) is 24.2. The molecule has 2 aromatic carbocycles. The number of hydrogen-bond acceptors (Lipinski definition) is 5.